The first-order chi connectivity index (χ1) is 10.8. The van der Waals surface area contributed by atoms with Gasteiger partial charge in [-0.2, -0.15) is 5.26 Å². The molecule has 3 aliphatic carbocycles. The van der Waals surface area contributed by atoms with Crippen molar-refractivity contribution in [1.82, 2.24) is 0 Å². The van der Waals surface area contributed by atoms with E-state index >= 15 is 0 Å². The zero-order valence-corrected chi connectivity index (χ0v) is 14.8. The summed E-state index contributed by atoms with van der Waals surface area (Å²) in [5.74, 6) is 1.36. The second kappa shape index (κ2) is 5.90. The summed E-state index contributed by atoms with van der Waals surface area (Å²) in [6.07, 6.45) is 8.31. The minimum atomic E-state index is -0.367. The average Bonchev–Trinajstić information content (AvgIpc) is 2.50. The van der Waals surface area contributed by atoms with Crippen LogP contribution in [0.3, 0.4) is 0 Å². The van der Waals surface area contributed by atoms with Crippen LogP contribution < -0.4 is 0 Å². The number of rotatable bonds is 2. The highest BCUT2D eigenvalue weighted by Crippen LogP contribution is 2.62. The molecule has 0 aromatic carbocycles. The van der Waals surface area contributed by atoms with Gasteiger partial charge in [0.15, 0.2) is 0 Å². The lowest BCUT2D eigenvalue weighted by Gasteiger charge is -2.59. The maximum absolute atomic E-state index is 10.4. The minimum Gasteiger partial charge on any atom is -0.393 e. The second-order valence-electron chi connectivity index (χ2n) is 8.74. The fraction of sp³-hybridized carbons (Fsp3) is 0.850. The van der Waals surface area contributed by atoms with Gasteiger partial charge in [0.25, 0.3) is 0 Å². The van der Waals surface area contributed by atoms with E-state index in [1.165, 1.54) is 5.57 Å². The van der Waals surface area contributed by atoms with E-state index in [1.807, 2.05) is 6.92 Å². The Hall–Kier alpha value is -0.850. The Morgan fingerprint density at radius 3 is 2.74 bits per heavy atom. The molecule has 2 N–H and O–H groups in total. The lowest BCUT2D eigenvalue weighted by molar-refractivity contribution is -0.0973. The number of nitrogens with zero attached hydrogens (tertiary/aromatic N) is 1. The average molecular weight is 317 g/mol. The highest BCUT2D eigenvalue weighted by Gasteiger charge is 2.55. The summed E-state index contributed by atoms with van der Waals surface area (Å²) in [6, 6.07) is 2.40. The molecule has 0 aromatic rings. The van der Waals surface area contributed by atoms with E-state index in [0.717, 1.165) is 38.5 Å². The Morgan fingerprint density at radius 1 is 1.35 bits per heavy atom. The van der Waals surface area contributed by atoms with Crippen molar-refractivity contribution in [3.05, 3.63) is 11.6 Å². The Morgan fingerprint density at radius 2 is 2.09 bits per heavy atom. The SMILES string of the molecule is CC(O)[C@@]1(C)CC[C@H]2[C@@H](CC=C3C[C@@H](O)CC[C@@]32C)[C@@H]1CC#N. The normalized spacial score (nSPS) is 47.7. The van der Waals surface area contributed by atoms with Crippen LogP contribution in [0.5, 0.6) is 0 Å². The summed E-state index contributed by atoms with van der Waals surface area (Å²) in [5.41, 5.74) is 1.50. The van der Waals surface area contributed by atoms with Crippen LogP contribution in [-0.4, -0.2) is 22.4 Å². The van der Waals surface area contributed by atoms with Gasteiger partial charge in [0, 0.05) is 6.42 Å². The van der Waals surface area contributed by atoms with Gasteiger partial charge in [0.1, 0.15) is 0 Å². The van der Waals surface area contributed by atoms with Crippen molar-refractivity contribution in [2.45, 2.75) is 77.9 Å². The van der Waals surface area contributed by atoms with E-state index in [0.29, 0.717) is 18.3 Å². The van der Waals surface area contributed by atoms with Crippen molar-refractivity contribution in [3.63, 3.8) is 0 Å². The van der Waals surface area contributed by atoms with Crippen molar-refractivity contribution in [2.75, 3.05) is 0 Å². The molecule has 0 heterocycles. The highest BCUT2D eigenvalue weighted by atomic mass is 16.3. The first-order valence-corrected chi connectivity index (χ1v) is 9.25. The maximum atomic E-state index is 10.4. The molecule has 0 bridgehead atoms. The van der Waals surface area contributed by atoms with Crippen LogP contribution >= 0.6 is 0 Å². The lowest BCUT2D eigenvalue weighted by Crippen LogP contribution is -2.53. The van der Waals surface area contributed by atoms with E-state index in [-0.39, 0.29) is 29.0 Å². The number of hydrogen-bond donors (Lipinski definition) is 2. The van der Waals surface area contributed by atoms with E-state index < -0.39 is 0 Å². The van der Waals surface area contributed by atoms with Crippen molar-refractivity contribution >= 4 is 0 Å². The van der Waals surface area contributed by atoms with Crippen LogP contribution in [0.2, 0.25) is 0 Å². The number of aliphatic hydroxyl groups excluding tert-OH is 2. The molecule has 0 amide bonds. The fourth-order valence-corrected chi connectivity index (χ4v) is 5.99. The van der Waals surface area contributed by atoms with Crippen LogP contribution in [0.4, 0.5) is 0 Å². The molecule has 2 fully saturated rings. The molecule has 2 saturated carbocycles. The van der Waals surface area contributed by atoms with Gasteiger partial charge < -0.3 is 10.2 Å². The van der Waals surface area contributed by atoms with Gasteiger partial charge >= 0.3 is 0 Å². The molecule has 3 aliphatic rings. The van der Waals surface area contributed by atoms with Gasteiger partial charge in [0.2, 0.25) is 0 Å². The quantitative estimate of drug-likeness (QED) is 0.761. The summed E-state index contributed by atoms with van der Waals surface area (Å²) in [6.45, 7) is 6.46. The third-order valence-electron chi connectivity index (χ3n) is 7.78. The van der Waals surface area contributed by atoms with E-state index in [2.05, 4.69) is 26.0 Å². The fourth-order valence-electron chi connectivity index (χ4n) is 5.99. The zero-order chi connectivity index (χ0) is 16.8. The van der Waals surface area contributed by atoms with Crippen LogP contribution in [0.15, 0.2) is 11.6 Å². The predicted octanol–water partition coefficient (Wildman–Crippen LogP) is 3.81. The van der Waals surface area contributed by atoms with Crippen molar-refractivity contribution in [2.24, 2.45) is 28.6 Å². The predicted molar refractivity (Wildman–Crippen MR) is 90.4 cm³/mol. The van der Waals surface area contributed by atoms with Crippen molar-refractivity contribution in [1.29, 1.82) is 5.26 Å². The van der Waals surface area contributed by atoms with Gasteiger partial charge in [0.05, 0.1) is 18.3 Å². The van der Waals surface area contributed by atoms with Gasteiger partial charge in [-0.05, 0) is 74.0 Å². The Balaban J connectivity index is 1.96. The number of hydrogen-bond acceptors (Lipinski definition) is 3. The molecule has 0 aliphatic heterocycles. The third kappa shape index (κ3) is 2.55. The maximum Gasteiger partial charge on any atom is 0.0625 e. The summed E-state index contributed by atoms with van der Waals surface area (Å²) in [5, 5.41) is 29.8. The molecule has 0 saturated heterocycles. The summed E-state index contributed by atoms with van der Waals surface area (Å²) in [4.78, 5) is 0. The van der Waals surface area contributed by atoms with Crippen molar-refractivity contribution in [3.8, 4) is 6.07 Å². The molecule has 3 nitrogen and oxygen atoms in total. The largest absolute Gasteiger partial charge is 0.393 e. The molecule has 0 radical (unpaired) electrons. The van der Waals surface area contributed by atoms with E-state index in [4.69, 9.17) is 0 Å². The van der Waals surface area contributed by atoms with Crippen LogP contribution in [0.25, 0.3) is 0 Å². The molecular formula is C20H31NO2. The molecule has 3 heteroatoms. The Kier molecular flexibility index (Phi) is 4.36. The van der Waals surface area contributed by atoms with Crippen molar-refractivity contribution < 1.29 is 10.2 Å². The number of fused-ring (bicyclic) bond motifs is 3. The topological polar surface area (TPSA) is 64.2 Å². The number of nitriles is 1. The molecule has 0 aromatic heterocycles. The van der Waals surface area contributed by atoms with E-state index in [1.54, 1.807) is 0 Å². The van der Waals surface area contributed by atoms with Crippen LogP contribution in [0, 0.1) is 39.9 Å². The first kappa shape index (κ1) is 17.0. The Labute approximate surface area is 140 Å². The molecule has 0 spiro atoms. The number of aliphatic hydroxyl groups is 2. The molecule has 1 unspecified atom stereocenters. The summed E-state index contributed by atoms with van der Waals surface area (Å²) >= 11 is 0. The standard InChI is InChI=1S/C20H31NO2/c1-13(22)19(2)10-7-17-16(18(19)8-11-21)5-4-14-12-15(23)6-9-20(14,17)3/h4,13,15-18,22-23H,5-10,12H2,1-3H3/t13?,15-,16+,17-,18-,19+,20-/m0/s1. The van der Waals surface area contributed by atoms with Gasteiger partial charge in [-0.25, -0.2) is 0 Å². The number of allylic oxidation sites excluding steroid dienone is 1. The molecular weight excluding hydrogens is 286 g/mol. The molecule has 3 rings (SSSR count). The zero-order valence-electron chi connectivity index (χ0n) is 14.8. The van der Waals surface area contributed by atoms with E-state index in [9.17, 15) is 15.5 Å². The minimum absolute atomic E-state index is 0.146. The third-order valence-corrected chi connectivity index (χ3v) is 7.78. The van der Waals surface area contributed by atoms with Gasteiger partial charge in [-0.15, -0.1) is 0 Å². The summed E-state index contributed by atoms with van der Waals surface area (Å²) in [7, 11) is 0. The van der Waals surface area contributed by atoms with Gasteiger partial charge in [-0.1, -0.05) is 25.5 Å². The highest BCUT2D eigenvalue weighted by molar-refractivity contribution is 5.25. The smallest absolute Gasteiger partial charge is 0.0625 e. The van der Waals surface area contributed by atoms with Crippen LogP contribution in [0.1, 0.15) is 65.7 Å². The lowest BCUT2D eigenvalue weighted by atomic mass is 9.46. The van der Waals surface area contributed by atoms with Gasteiger partial charge in [-0.3, -0.25) is 0 Å². The first-order valence-electron chi connectivity index (χ1n) is 9.25. The second-order valence-corrected chi connectivity index (χ2v) is 8.74. The molecule has 7 atom stereocenters. The Bertz CT molecular complexity index is 534. The molecule has 23 heavy (non-hydrogen) atoms. The van der Waals surface area contributed by atoms with Crippen LogP contribution in [-0.2, 0) is 0 Å². The monoisotopic (exact) mass is 317 g/mol. The summed E-state index contributed by atoms with van der Waals surface area (Å²) < 4.78 is 0. The molecule has 128 valence electrons.